The molecule has 0 aromatic heterocycles. The van der Waals surface area contributed by atoms with Crippen molar-refractivity contribution < 1.29 is 0 Å². The molecule has 1 aromatic rings. The first-order chi connectivity index (χ1) is 8.81. The lowest BCUT2D eigenvalue weighted by Gasteiger charge is -2.24. The third-order valence-electron chi connectivity index (χ3n) is 4.19. The Morgan fingerprint density at radius 3 is 3.00 bits per heavy atom. The number of benzene rings is 1. The monoisotopic (exact) mass is 244 g/mol. The molecular formula is C16H24N2. The molecule has 1 aromatic carbocycles. The van der Waals surface area contributed by atoms with E-state index in [9.17, 15) is 0 Å². The summed E-state index contributed by atoms with van der Waals surface area (Å²) in [6, 6.07) is 9.69. The normalized spacial score (nSPS) is 25.9. The van der Waals surface area contributed by atoms with E-state index in [2.05, 4.69) is 41.4 Å². The van der Waals surface area contributed by atoms with Crippen LogP contribution < -0.4 is 5.32 Å². The standard InChI is InChI=1S/C16H24N2/c1-13-4-2-5-14(10-13)11-18-9-3-8-17-16(12-18)15-6-7-15/h2,4-5,10,15-17H,3,6-9,11-12H2,1H3. The Balaban J connectivity index is 1.63. The van der Waals surface area contributed by atoms with Gasteiger partial charge in [-0.25, -0.2) is 0 Å². The molecule has 98 valence electrons. The summed E-state index contributed by atoms with van der Waals surface area (Å²) in [7, 11) is 0. The Morgan fingerprint density at radius 2 is 2.22 bits per heavy atom. The highest BCUT2D eigenvalue weighted by Crippen LogP contribution is 2.33. The Kier molecular flexibility index (Phi) is 3.67. The zero-order valence-corrected chi connectivity index (χ0v) is 11.4. The highest BCUT2D eigenvalue weighted by molar-refractivity contribution is 5.22. The van der Waals surface area contributed by atoms with Crippen molar-refractivity contribution in [2.24, 2.45) is 5.92 Å². The zero-order valence-electron chi connectivity index (χ0n) is 11.4. The summed E-state index contributed by atoms with van der Waals surface area (Å²) in [5.74, 6) is 0.961. The van der Waals surface area contributed by atoms with Gasteiger partial charge in [0.1, 0.15) is 0 Å². The molecule has 0 bridgehead atoms. The molecule has 2 nitrogen and oxygen atoms in total. The van der Waals surface area contributed by atoms with Crippen LogP contribution in [0.25, 0.3) is 0 Å². The van der Waals surface area contributed by atoms with Gasteiger partial charge in [-0.3, -0.25) is 4.90 Å². The Hall–Kier alpha value is -0.860. The zero-order chi connectivity index (χ0) is 12.4. The minimum absolute atomic E-state index is 0.748. The fourth-order valence-corrected chi connectivity index (χ4v) is 3.05. The third-order valence-corrected chi connectivity index (χ3v) is 4.19. The molecule has 0 amide bonds. The molecule has 2 aliphatic rings. The van der Waals surface area contributed by atoms with Crippen molar-refractivity contribution >= 4 is 0 Å². The summed E-state index contributed by atoms with van der Waals surface area (Å²) in [6.45, 7) is 6.97. The first kappa shape index (κ1) is 12.2. The minimum Gasteiger partial charge on any atom is -0.312 e. The summed E-state index contributed by atoms with van der Waals surface area (Å²) >= 11 is 0. The lowest BCUT2D eigenvalue weighted by Crippen LogP contribution is -2.38. The van der Waals surface area contributed by atoms with Gasteiger partial charge in [0.2, 0.25) is 0 Å². The van der Waals surface area contributed by atoms with Crippen LogP contribution in [0.2, 0.25) is 0 Å². The molecule has 0 spiro atoms. The number of nitrogens with one attached hydrogen (secondary N) is 1. The summed E-state index contributed by atoms with van der Waals surface area (Å²) < 4.78 is 0. The molecule has 1 unspecified atom stereocenters. The first-order valence-corrected chi connectivity index (χ1v) is 7.32. The molecule has 1 aliphatic heterocycles. The molecule has 1 atom stereocenters. The Bertz CT molecular complexity index is 398. The van der Waals surface area contributed by atoms with E-state index >= 15 is 0 Å². The predicted octanol–water partition coefficient (Wildman–Crippen LogP) is 2.57. The maximum atomic E-state index is 3.73. The average Bonchev–Trinajstić information content (AvgIpc) is 3.15. The second-order valence-corrected chi connectivity index (χ2v) is 5.98. The number of hydrogen-bond donors (Lipinski definition) is 1. The molecule has 1 N–H and O–H groups in total. The second-order valence-electron chi connectivity index (χ2n) is 5.98. The van der Waals surface area contributed by atoms with Crippen molar-refractivity contribution in [3.8, 4) is 0 Å². The third kappa shape index (κ3) is 3.12. The van der Waals surface area contributed by atoms with Crippen LogP contribution in [0.5, 0.6) is 0 Å². The van der Waals surface area contributed by atoms with Gasteiger partial charge in [0.25, 0.3) is 0 Å². The van der Waals surface area contributed by atoms with Crippen molar-refractivity contribution in [3.63, 3.8) is 0 Å². The highest BCUT2D eigenvalue weighted by atomic mass is 15.2. The van der Waals surface area contributed by atoms with Crippen molar-refractivity contribution in [3.05, 3.63) is 35.4 Å². The van der Waals surface area contributed by atoms with Gasteiger partial charge in [-0.1, -0.05) is 29.8 Å². The number of rotatable bonds is 3. The molecule has 1 saturated heterocycles. The van der Waals surface area contributed by atoms with E-state index in [1.165, 1.54) is 50.0 Å². The van der Waals surface area contributed by atoms with Gasteiger partial charge in [0, 0.05) is 19.1 Å². The van der Waals surface area contributed by atoms with Gasteiger partial charge < -0.3 is 5.32 Å². The summed E-state index contributed by atoms with van der Waals surface area (Å²) in [5, 5.41) is 3.73. The van der Waals surface area contributed by atoms with E-state index in [1.807, 2.05) is 0 Å². The fraction of sp³-hybridized carbons (Fsp3) is 0.625. The molecule has 3 rings (SSSR count). The van der Waals surface area contributed by atoms with E-state index in [1.54, 1.807) is 0 Å². The minimum atomic E-state index is 0.748. The molecule has 2 fully saturated rings. The lowest BCUT2D eigenvalue weighted by molar-refractivity contribution is 0.251. The average molecular weight is 244 g/mol. The number of aryl methyl sites for hydroxylation is 1. The topological polar surface area (TPSA) is 15.3 Å². The van der Waals surface area contributed by atoms with Crippen LogP contribution in [0.4, 0.5) is 0 Å². The van der Waals surface area contributed by atoms with Gasteiger partial charge in [0.15, 0.2) is 0 Å². The molecule has 1 heterocycles. The SMILES string of the molecule is Cc1cccc(CN2CCCNC(C3CC3)C2)c1. The second kappa shape index (κ2) is 5.41. The number of hydrogen-bond acceptors (Lipinski definition) is 2. The summed E-state index contributed by atoms with van der Waals surface area (Å²) in [4.78, 5) is 2.64. The van der Waals surface area contributed by atoms with Gasteiger partial charge in [-0.05, 0) is 50.8 Å². The van der Waals surface area contributed by atoms with Crippen LogP contribution in [0.3, 0.4) is 0 Å². The number of nitrogens with zero attached hydrogens (tertiary/aromatic N) is 1. The smallest absolute Gasteiger partial charge is 0.0234 e. The van der Waals surface area contributed by atoms with E-state index in [-0.39, 0.29) is 0 Å². The van der Waals surface area contributed by atoms with Crippen LogP contribution in [0, 0.1) is 12.8 Å². The van der Waals surface area contributed by atoms with Crippen LogP contribution in [-0.2, 0) is 6.54 Å². The van der Waals surface area contributed by atoms with Crippen molar-refractivity contribution in [2.75, 3.05) is 19.6 Å². The van der Waals surface area contributed by atoms with Gasteiger partial charge in [-0.15, -0.1) is 0 Å². The lowest BCUT2D eigenvalue weighted by atomic mass is 10.1. The van der Waals surface area contributed by atoms with Crippen LogP contribution >= 0.6 is 0 Å². The van der Waals surface area contributed by atoms with E-state index < -0.39 is 0 Å². The van der Waals surface area contributed by atoms with Crippen LogP contribution in [0.1, 0.15) is 30.4 Å². The van der Waals surface area contributed by atoms with E-state index in [0.29, 0.717) is 0 Å². The quantitative estimate of drug-likeness (QED) is 0.879. The molecular weight excluding hydrogens is 220 g/mol. The van der Waals surface area contributed by atoms with Crippen LogP contribution in [0.15, 0.2) is 24.3 Å². The Labute approximate surface area is 110 Å². The van der Waals surface area contributed by atoms with Crippen molar-refractivity contribution in [1.29, 1.82) is 0 Å². The largest absolute Gasteiger partial charge is 0.312 e. The molecule has 1 saturated carbocycles. The van der Waals surface area contributed by atoms with Crippen molar-refractivity contribution in [2.45, 2.75) is 38.8 Å². The predicted molar refractivity (Wildman–Crippen MR) is 75.6 cm³/mol. The van der Waals surface area contributed by atoms with Gasteiger partial charge >= 0.3 is 0 Å². The maximum Gasteiger partial charge on any atom is 0.0234 e. The first-order valence-electron chi connectivity index (χ1n) is 7.32. The molecule has 1 aliphatic carbocycles. The maximum absolute atomic E-state index is 3.73. The van der Waals surface area contributed by atoms with E-state index in [0.717, 1.165) is 18.5 Å². The molecule has 18 heavy (non-hydrogen) atoms. The van der Waals surface area contributed by atoms with E-state index in [4.69, 9.17) is 0 Å². The van der Waals surface area contributed by atoms with Gasteiger partial charge in [-0.2, -0.15) is 0 Å². The summed E-state index contributed by atoms with van der Waals surface area (Å²) in [5.41, 5.74) is 2.84. The Morgan fingerprint density at radius 1 is 1.33 bits per heavy atom. The van der Waals surface area contributed by atoms with Gasteiger partial charge in [0.05, 0.1) is 0 Å². The molecule has 2 heteroatoms. The fourth-order valence-electron chi connectivity index (χ4n) is 3.05. The molecule has 0 radical (unpaired) electrons. The summed E-state index contributed by atoms with van der Waals surface area (Å²) in [6.07, 6.45) is 4.17. The van der Waals surface area contributed by atoms with Crippen LogP contribution in [-0.4, -0.2) is 30.6 Å². The van der Waals surface area contributed by atoms with Crippen molar-refractivity contribution in [1.82, 2.24) is 10.2 Å². The highest BCUT2D eigenvalue weighted by Gasteiger charge is 2.32.